The minimum absolute atomic E-state index is 0.144. The van der Waals surface area contributed by atoms with E-state index in [4.69, 9.17) is 4.74 Å². The van der Waals surface area contributed by atoms with E-state index >= 15 is 0 Å². The molecule has 5 heteroatoms. The summed E-state index contributed by atoms with van der Waals surface area (Å²) in [4.78, 5) is 11.9. The summed E-state index contributed by atoms with van der Waals surface area (Å²) in [6.45, 7) is 2.47. The molecule has 1 aliphatic carbocycles. The molecule has 98 valence electrons. The maximum atomic E-state index is 11.9. The summed E-state index contributed by atoms with van der Waals surface area (Å²) in [7, 11) is 0. The van der Waals surface area contributed by atoms with Crippen molar-refractivity contribution in [2.24, 2.45) is 11.8 Å². The molecule has 1 atom stereocenters. The highest BCUT2D eigenvalue weighted by molar-refractivity contribution is 5.92. The Morgan fingerprint density at radius 1 is 1.50 bits per heavy atom. The first-order valence-corrected chi connectivity index (χ1v) is 6.73. The lowest BCUT2D eigenvalue weighted by Gasteiger charge is -2.24. The largest absolute Gasteiger partial charge is 0.381 e. The third-order valence-electron chi connectivity index (χ3n) is 3.90. The minimum atomic E-state index is 0.144. The number of carbonyl (C=O) groups is 1. The monoisotopic (exact) mass is 249 g/mol. The van der Waals surface area contributed by atoms with Crippen LogP contribution in [0, 0.1) is 11.8 Å². The second-order valence-corrected chi connectivity index (χ2v) is 5.25. The van der Waals surface area contributed by atoms with Gasteiger partial charge in [-0.1, -0.05) is 6.42 Å². The average molecular weight is 249 g/mol. The number of anilines is 1. The molecule has 0 unspecified atom stereocenters. The number of hydrogen-bond acceptors (Lipinski definition) is 3. The Morgan fingerprint density at radius 2 is 2.39 bits per heavy atom. The van der Waals surface area contributed by atoms with Gasteiger partial charge in [-0.05, 0) is 19.3 Å². The number of carbonyl (C=O) groups excluding carboxylic acids is 1. The number of rotatable bonds is 4. The van der Waals surface area contributed by atoms with Crippen molar-refractivity contribution in [2.45, 2.75) is 32.2 Å². The Balaban J connectivity index is 1.61. The van der Waals surface area contributed by atoms with Crippen LogP contribution < -0.4 is 5.32 Å². The molecule has 0 aromatic carbocycles. The van der Waals surface area contributed by atoms with E-state index in [1.165, 1.54) is 6.42 Å². The fraction of sp³-hybridized carbons (Fsp3) is 0.692. The molecule has 1 aromatic heterocycles. The first-order valence-electron chi connectivity index (χ1n) is 6.73. The zero-order chi connectivity index (χ0) is 12.4. The van der Waals surface area contributed by atoms with Crippen LogP contribution in [0.1, 0.15) is 25.7 Å². The van der Waals surface area contributed by atoms with Crippen LogP contribution in [0.3, 0.4) is 0 Å². The molecule has 1 aliphatic heterocycles. The topological polar surface area (TPSA) is 56.2 Å². The number of hydrogen-bond donors (Lipinski definition) is 1. The Kier molecular flexibility index (Phi) is 3.32. The van der Waals surface area contributed by atoms with Gasteiger partial charge in [-0.25, -0.2) is 4.68 Å². The van der Waals surface area contributed by atoms with Gasteiger partial charge in [-0.15, -0.1) is 0 Å². The van der Waals surface area contributed by atoms with Crippen molar-refractivity contribution in [3.05, 3.63) is 12.3 Å². The zero-order valence-electron chi connectivity index (χ0n) is 10.5. The summed E-state index contributed by atoms with van der Waals surface area (Å²) in [5, 5.41) is 7.27. The second kappa shape index (κ2) is 5.10. The first kappa shape index (κ1) is 11.7. The summed E-state index contributed by atoms with van der Waals surface area (Å²) < 4.78 is 7.25. The van der Waals surface area contributed by atoms with E-state index in [1.807, 2.05) is 10.7 Å². The molecule has 0 bridgehead atoms. The Labute approximate surface area is 107 Å². The highest BCUT2D eigenvalue weighted by atomic mass is 16.5. The summed E-state index contributed by atoms with van der Waals surface area (Å²) >= 11 is 0. The third-order valence-corrected chi connectivity index (χ3v) is 3.90. The van der Waals surface area contributed by atoms with Gasteiger partial charge >= 0.3 is 0 Å². The van der Waals surface area contributed by atoms with Crippen LogP contribution in [-0.2, 0) is 16.1 Å². The van der Waals surface area contributed by atoms with Gasteiger partial charge < -0.3 is 10.1 Å². The molecule has 1 saturated carbocycles. The summed E-state index contributed by atoms with van der Waals surface area (Å²) in [5.41, 5.74) is 0. The van der Waals surface area contributed by atoms with Crippen LogP contribution in [0.2, 0.25) is 0 Å². The van der Waals surface area contributed by atoms with Gasteiger partial charge in [0, 0.05) is 31.1 Å². The van der Waals surface area contributed by atoms with Gasteiger partial charge in [0.05, 0.1) is 12.8 Å². The molecule has 1 saturated heterocycles. The summed E-state index contributed by atoms with van der Waals surface area (Å²) in [5.74, 6) is 1.69. The van der Waals surface area contributed by atoms with Crippen molar-refractivity contribution in [3.8, 4) is 0 Å². The van der Waals surface area contributed by atoms with Crippen molar-refractivity contribution in [3.63, 3.8) is 0 Å². The van der Waals surface area contributed by atoms with Crippen LogP contribution >= 0.6 is 0 Å². The summed E-state index contributed by atoms with van der Waals surface area (Å²) in [6, 6.07) is 1.87. The number of amides is 1. The number of aromatic nitrogens is 2. The van der Waals surface area contributed by atoms with E-state index in [9.17, 15) is 4.79 Å². The van der Waals surface area contributed by atoms with E-state index in [0.717, 1.165) is 44.8 Å². The van der Waals surface area contributed by atoms with Crippen molar-refractivity contribution >= 4 is 11.7 Å². The molecule has 1 aromatic rings. The fourth-order valence-corrected chi connectivity index (χ4v) is 2.45. The predicted octanol–water partition coefficient (Wildman–Crippen LogP) is 1.66. The zero-order valence-corrected chi connectivity index (χ0v) is 10.5. The van der Waals surface area contributed by atoms with E-state index in [0.29, 0.717) is 5.92 Å². The van der Waals surface area contributed by atoms with Gasteiger partial charge in [0.15, 0.2) is 0 Å². The maximum Gasteiger partial charge on any atom is 0.228 e. The third kappa shape index (κ3) is 2.41. The quantitative estimate of drug-likeness (QED) is 0.883. The molecule has 0 spiro atoms. The van der Waals surface area contributed by atoms with E-state index in [-0.39, 0.29) is 11.8 Å². The maximum absolute atomic E-state index is 11.9. The second-order valence-electron chi connectivity index (χ2n) is 5.25. The Hall–Kier alpha value is -1.36. The molecular formula is C13H19N3O2. The Morgan fingerprint density at radius 3 is 3.06 bits per heavy atom. The molecule has 5 nitrogen and oxygen atoms in total. The van der Waals surface area contributed by atoms with Crippen molar-refractivity contribution in [1.29, 1.82) is 0 Å². The van der Waals surface area contributed by atoms with Gasteiger partial charge in [0.25, 0.3) is 0 Å². The molecule has 1 N–H and O–H groups in total. The van der Waals surface area contributed by atoms with Crippen LogP contribution in [0.15, 0.2) is 12.3 Å². The first-order chi connectivity index (χ1) is 8.83. The predicted molar refractivity (Wildman–Crippen MR) is 67.1 cm³/mol. The fourth-order valence-electron chi connectivity index (χ4n) is 2.45. The standard InChI is InChI=1S/C13H19N3O2/c17-13(11-2-1-3-11)15-12-4-6-14-16(12)8-10-5-7-18-9-10/h4,6,10-11H,1-3,5,7-9H2,(H,15,17)/t10-/m1/s1. The normalized spacial score (nSPS) is 23.9. The van der Waals surface area contributed by atoms with Gasteiger partial charge in [-0.3, -0.25) is 4.79 Å². The van der Waals surface area contributed by atoms with Crippen LogP contribution in [0.25, 0.3) is 0 Å². The highest BCUT2D eigenvalue weighted by Gasteiger charge is 2.26. The molecule has 0 radical (unpaired) electrons. The minimum Gasteiger partial charge on any atom is -0.381 e. The smallest absolute Gasteiger partial charge is 0.228 e. The van der Waals surface area contributed by atoms with Crippen LogP contribution in [0.5, 0.6) is 0 Å². The Bertz CT molecular complexity index is 420. The molecule has 3 rings (SSSR count). The number of nitrogens with one attached hydrogen (secondary N) is 1. The van der Waals surface area contributed by atoms with Crippen LogP contribution in [0.4, 0.5) is 5.82 Å². The molecule has 18 heavy (non-hydrogen) atoms. The lowest BCUT2D eigenvalue weighted by Crippen LogP contribution is -2.29. The molecule has 1 amide bonds. The van der Waals surface area contributed by atoms with E-state index < -0.39 is 0 Å². The molecule has 2 fully saturated rings. The average Bonchev–Trinajstić information content (AvgIpc) is 2.89. The summed E-state index contributed by atoms with van der Waals surface area (Å²) in [6.07, 6.45) is 6.05. The molecule has 2 aliphatic rings. The van der Waals surface area contributed by atoms with Gasteiger partial charge in [0.2, 0.25) is 5.91 Å². The van der Waals surface area contributed by atoms with Gasteiger partial charge in [-0.2, -0.15) is 5.10 Å². The van der Waals surface area contributed by atoms with Crippen LogP contribution in [-0.4, -0.2) is 28.9 Å². The molecule has 2 heterocycles. The van der Waals surface area contributed by atoms with Gasteiger partial charge in [0.1, 0.15) is 5.82 Å². The highest BCUT2D eigenvalue weighted by Crippen LogP contribution is 2.27. The van der Waals surface area contributed by atoms with Crippen molar-refractivity contribution in [1.82, 2.24) is 9.78 Å². The molecular weight excluding hydrogens is 230 g/mol. The lowest BCUT2D eigenvalue weighted by molar-refractivity contribution is -0.122. The number of nitrogens with zero attached hydrogens (tertiary/aromatic N) is 2. The SMILES string of the molecule is O=C(Nc1ccnn1C[C@H]1CCOC1)C1CCC1. The lowest BCUT2D eigenvalue weighted by atomic mass is 9.85. The van der Waals surface area contributed by atoms with E-state index in [1.54, 1.807) is 6.20 Å². The number of ether oxygens (including phenoxy) is 1. The van der Waals surface area contributed by atoms with Crippen molar-refractivity contribution in [2.75, 3.05) is 18.5 Å². The van der Waals surface area contributed by atoms with Crippen molar-refractivity contribution < 1.29 is 9.53 Å². The van der Waals surface area contributed by atoms with E-state index in [2.05, 4.69) is 10.4 Å².